The number of fused-ring (bicyclic) bond motifs is 1. The zero-order valence-corrected chi connectivity index (χ0v) is 18.6. The second-order valence-corrected chi connectivity index (χ2v) is 9.37. The molecule has 1 unspecified atom stereocenters. The molecule has 2 rings (SSSR count). The third-order valence-electron chi connectivity index (χ3n) is 5.82. The largest absolute Gasteiger partial charge is 0.394 e. The molecule has 0 bridgehead atoms. The van der Waals surface area contributed by atoms with Crippen LogP contribution in [0.1, 0.15) is 69.6 Å². The Morgan fingerprint density at radius 1 is 1.10 bits per heavy atom. The molecule has 163 valence electrons. The Morgan fingerprint density at radius 3 is 2.43 bits per heavy atom. The van der Waals surface area contributed by atoms with Gasteiger partial charge in [-0.1, -0.05) is 70.6 Å². The third kappa shape index (κ3) is 7.41. The molecule has 0 saturated carbocycles. The third-order valence-corrected chi connectivity index (χ3v) is 5.82. The molecule has 1 aromatic rings. The Balaban J connectivity index is 1.93. The molecule has 1 aliphatic rings. The Morgan fingerprint density at radius 2 is 1.80 bits per heavy atom. The Hall–Kier alpha value is -1.91. The van der Waals surface area contributed by atoms with Gasteiger partial charge in [-0.2, -0.15) is 13.2 Å². The molecule has 1 aromatic carbocycles. The first-order chi connectivity index (χ1) is 13.9. The maximum Gasteiger partial charge on any atom is 0.389 e. The van der Waals surface area contributed by atoms with E-state index >= 15 is 0 Å². The SMILES string of the molecule is C=C(CCC(F)(F)F)NC1[B]Cc2c(cccc2C(=C)CCCC(=C)C(C)(C)C)C1. The number of alkyl halides is 3. The van der Waals surface area contributed by atoms with Gasteiger partial charge in [-0.15, -0.1) is 0 Å². The fourth-order valence-electron chi connectivity index (χ4n) is 3.74. The van der Waals surface area contributed by atoms with Crippen molar-refractivity contribution < 1.29 is 13.2 Å². The number of benzene rings is 1. The van der Waals surface area contributed by atoms with Crippen LogP contribution in [-0.4, -0.2) is 19.4 Å². The smallest absolute Gasteiger partial charge is 0.389 e. The minimum absolute atomic E-state index is 0.0110. The van der Waals surface area contributed by atoms with Gasteiger partial charge in [0.2, 0.25) is 0 Å². The van der Waals surface area contributed by atoms with E-state index in [2.05, 4.69) is 65.2 Å². The van der Waals surface area contributed by atoms with E-state index in [9.17, 15) is 13.2 Å². The fourth-order valence-corrected chi connectivity index (χ4v) is 3.74. The van der Waals surface area contributed by atoms with Gasteiger partial charge in [-0.3, -0.25) is 0 Å². The maximum atomic E-state index is 12.4. The van der Waals surface area contributed by atoms with Crippen molar-refractivity contribution in [1.29, 1.82) is 0 Å². The quantitative estimate of drug-likeness (QED) is 0.337. The molecule has 1 radical (unpaired) electrons. The number of hydrogen-bond donors (Lipinski definition) is 1. The first kappa shape index (κ1) is 24.4. The zero-order chi connectivity index (χ0) is 22.5. The fraction of sp³-hybridized carbons (Fsp3) is 0.520. The lowest BCUT2D eigenvalue weighted by Crippen LogP contribution is -2.40. The van der Waals surface area contributed by atoms with E-state index in [1.54, 1.807) is 0 Å². The molecule has 0 saturated heterocycles. The van der Waals surface area contributed by atoms with Crippen molar-refractivity contribution in [2.24, 2.45) is 5.41 Å². The molecule has 5 heteroatoms. The summed E-state index contributed by atoms with van der Waals surface area (Å²) in [6.45, 7) is 18.9. The second-order valence-electron chi connectivity index (χ2n) is 9.37. The van der Waals surface area contributed by atoms with E-state index in [0.717, 1.165) is 37.6 Å². The summed E-state index contributed by atoms with van der Waals surface area (Å²) in [5, 5.41) is 3.16. The summed E-state index contributed by atoms with van der Waals surface area (Å²) in [7, 11) is 2.14. The van der Waals surface area contributed by atoms with Gasteiger partial charge in [0.15, 0.2) is 0 Å². The molecule has 1 nitrogen and oxygen atoms in total. The number of rotatable bonds is 9. The topological polar surface area (TPSA) is 12.0 Å². The monoisotopic (exact) mass is 416 g/mol. The van der Waals surface area contributed by atoms with Crippen LogP contribution in [0, 0.1) is 5.41 Å². The highest BCUT2D eigenvalue weighted by Gasteiger charge is 2.28. The van der Waals surface area contributed by atoms with Gasteiger partial charge in [0.25, 0.3) is 0 Å². The summed E-state index contributed by atoms with van der Waals surface area (Å²) in [5.41, 5.74) is 6.71. The number of hydrogen-bond acceptors (Lipinski definition) is 1. The van der Waals surface area contributed by atoms with Crippen molar-refractivity contribution in [2.45, 2.75) is 77.7 Å². The summed E-state index contributed by atoms with van der Waals surface area (Å²) in [6.07, 6.45) is -0.582. The molecule has 1 atom stereocenters. The van der Waals surface area contributed by atoms with E-state index in [1.165, 1.54) is 22.3 Å². The second kappa shape index (κ2) is 9.93. The van der Waals surface area contributed by atoms with Crippen molar-refractivity contribution in [2.75, 3.05) is 0 Å². The van der Waals surface area contributed by atoms with Gasteiger partial charge in [0.1, 0.15) is 7.28 Å². The van der Waals surface area contributed by atoms with Crippen LogP contribution in [0.25, 0.3) is 5.57 Å². The number of halogens is 3. The first-order valence-electron chi connectivity index (χ1n) is 10.7. The predicted molar refractivity (Wildman–Crippen MR) is 122 cm³/mol. The average Bonchev–Trinajstić information content (AvgIpc) is 2.64. The molecule has 1 N–H and O–H groups in total. The van der Waals surface area contributed by atoms with Gasteiger partial charge in [0, 0.05) is 12.1 Å². The van der Waals surface area contributed by atoms with E-state index in [-0.39, 0.29) is 17.8 Å². The molecule has 1 heterocycles. The van der Waals surface area contributed by atoms with Gasteiger partial charge >= 0.3 is 6.18 Å². The molecule has 0 aliphatic carbocycles. The first-order valence-corrected chi connectivity index (χ1v) is 10.7. The lowest BCUT2D eigenvalue weighted by molar-refractivity contribution is -0.134. The molecule has 0 amide bonds. The van der Waals surface area contributed by atoms with Gasteiger partial charge in [-0.25, -0.2) is 0 Å². The molecule has 0 aromatic heterocycles. The van der Waals surface area contributed by atoms with Crippen molar-refractivity contribution in [1.82, 2.24) is 5.32 Å². The molecular formula is C25H34BF3N. The standard InChI is InChI=1S/C25H34BF3N/c1-17(9-7-10-18(2)24(4,5)6)21-12-8-11-20-15-23(26-16-22(20)21)30-19(3)13-14-25(27,28)29/h8,11-12,23,30H,1-3,7,9-10,13-16H2,4-6H3. The zero-order valence-electron chi connectivity index (χ0n) is 18.6. The highest BCUT2D eigenvalue weighted by molar-refractivity contribution is 6.38. The average molecular weight is 416 g/mol. The summed E-state index contributed by atoms with van der Waals surface area (Å²) in [4.78, 5) is 0. The Kier molecular flexibility index (Phi) is 8.07. The maximum absolute atomic E-state index is 12.4. The van der Waals surface area contributed by atoms with Gasteiger partial charge < -0.3 is 5.32 Å². The van der Waals surface area contributed by atoms with Crippen molar-refractivity contribution in [3.05, 3.63) is 65.9 Å². The van der Waals surface area contributed by atoms with Crippen molar-refractivity contribution in [3.63, 3.8) is 0 Å². The lowest BCUT2D eigenvalue weighted by Gasteiger charge is -2.29. The Bertz CT molecular complexity index is 787. The van der Waals surface area contributed by atoms with E-state index in [1.807, 2.05) is 6.07 Å². The summed E-state index contributed by atoms with van der Waals surface area (Å²) in [5.74, 6) is 0.0110. The summed E-state index contributed by atoms with van der Waals surface area (Å²) < 4.78 is 37.2. The van der Waals surface area contributed by atoms with E-state index in [0.29, 0.717) is 5.70 Å². The van der Waals surface area contributed by atoms with Crippen LogP contribution in [0.15, 0.2) is 49.2 Å². The van der Waals surface area contributed by atoms with Crippen LogP contribution in [0.4, 0.5) is 13.2 Å². The normalized spacial score (nSPS) is 16.4. The lowest BCUT2D eigenvalue weighted by atomic mass is 9.57. The summed E-state index contributed by atoms with van der Waals surface area (Å²) in [6, 6.07) is 6.28. The van der Waals surface area contributed by atoms with E-state index < -0.39 is 12.6 Å². The van der Waals surface area contributed by atoms with Crippen LogP contribution in [0.2, 0.25) is 0 Å². The van der Waals surface area contributed by atoms with Crippen LogP contribution in [0.5, 0.6) is 0 Å². The molecule has 1 aliphatic heterocycles. The van der Waals surface area contributed by atoms with Gasteiger partial charge in [0.05, 0.1) is 0 Å². The predicted octanol–water partition coefficient (Wildman–Crippen LogP) is 7.00. The van der Waals surface area contributed by atoms with Crippen LogP contribution >= 0.6 is 0 Å². The van der Waals surface area contributed by atoms with Crippen LogP contribution in [0.3, 0.4) is 0 Å². The molecule has 30 heavy (non-hydrogen) atoms. The molecule has 0 fully saturated rings. The highest BCUT2D eigenvalue weighted by atomic mass is 19.4. The number of allylic oxidation sites excluding steroid dienone is 3. The van der Waals surface area contributed by atoms with Crippen molar-refractivity contribution in [3.8, 4) is 0 Å². The van der Waals surface area contributed by atoms with Crippen LogP contribution in [-0.2, 0) is 12.7 Å². The van der Waals surface area contributed by atoms with Crippen molar-refractivity contribution >= 4 is 12.9 Å². The Labute approximate surface area is 180 Å². The molecule has 0 spiro atoms. The summed E-state index contributed by atoms with van der Waals surface area (Å²) >= 11 is 0. The minimum Gasteiger partial charge on any atom is -0.394 e. The minimum atomic E-state index is -4.15. The highest BCUT2D eigenvalue weighted by Crippen LogP contribution is 2.32. The molecular weight excluding hydrogens is 382 g/mol. The van der Waals surface area contributed by atoms with E-state index in [4.69, 9.17) is 0 Å². The van der Waals surface area contributed by atoms with Gasteiger partial charge in [-0.05, 0) is 65.7 Å². The number of nitrogens with one attached hydrogen (secondary N) is 1. The van der Waals surface area contributed by atoms with Crippen LogP contribution < -0.4 is 5.32 Å².